The van der Waals surface area contributed by atoms with Crippen LogP contribution in [-0.2, 0) is 6.42 Å². The van der Waals surface area contributed by atoms with Crippen LogP contribution < -0.4 is 10.6 Å². The van der Waals surface area contributed by atoms with Crippen LogP contribution in [0.2, 0.25) is 0 Å². The van der Waals surface area contributed by atoms with Gasteiger partial charge in [0.15, 0.2) is 0 Å². The maximum absolute atomic E-state index is 5.90. The van der Waals surface area contributed by atoms with Gasteiger partial charge in [0, 0.05) is 25.1 Å². The lowest BCUT2D eigenvalue weighted by atomic mass is 10.2. The molecule has 0 saturated carbocycles. The zero-order chi connectivity index (χ0) is 12.3. The quantitative estimate of drug-likeness (QED) is 0.848. The van der Waals surface area contributed by atoms with Gasteiger partial charge in [-0.15, -0.1) is 0 Å². The van der Waals surface area contributed by atoms with Gasteiger partial charge in [-0.25, -0.2) is 9.97 Å². The number of anilines is 2. The molecule has 1 rings (SSSR count). The average Bonchev–Trinajstić information content (AvgIpc) is 2.30. The van der Waals surface area contributed by atoms with Crippen molar-refractivity contribution in [2.24, 2.45) is 0 Å². The van der Waals surface area contributed by atoms with Gasteiger partial charge in [0.25, 0.3) is 0 Å². The summed E-state index contributed by atoms with van der Waals surface area (Å²) in [7, 11) is 2.06. The fraction of sp³-hybridized carbons (Fsp3) is 0.667. The Kier molecular flexibility index (Phi) is 4.10. The Morgan fingerprint density at radius 3 is 2.44 bits per heavy atom. The lowest BCUT2D eigenvalue weighted by Gasteiger charge is -2.27. The summed E-state index contributed by atoms with van der Waals surface area (Å²) in [6.07, 6.45) is 1.90. The number of hydrogen-bond acceptors (Lipinski definition) is 4. The van der Waals surface area contributed by atoms with E-state index in [-0.39, 0.29) is 0 Å². The average molecular weight is 222 g/mol. The third-order valence-electron chi connectivity index (χ3n) is 3.11. The zero-order valence-electron chi connectivity index (χ0n) is 10.9. The highest BCUT2D eigenvalue weighted by molar-refractivity contribution is 5.56. The van der Waals surface area contributed by atoms with E-state index in [0.717, 1.165) is 30.0 Å². The lowest BCUT2D eigenvalue weighted by Crippen LogP contribution is -2.30. The number of rotatable bonds is 4. The molecular weight excluding hydrogens is 200 g/mol. The van der Waals surface area contributed by atoms with Gasteiger partial charge in [0.2, 0.25) is 0 Å². The van der Waals surface area contributed by atoms with Crippen molar-refractivity contribution in [3.05, 3.63) is 11.4 Å². The molecule has 0 aliphatic heterocycles. The van der Waals surface area contributed by atoms with E-state index in [0.29, 0.717) is 11.9 Å². The number of nitrogens with two attached hydrogens (primary N) is 1. The Balaban J connectivity index is 3.16. The first-order chi connectivity index (χ1) is 7.51. The molecule has 0 spiro atoms. The fourth-order valence-electron chi connectivity index (χ4n) is 1.55. The third-order valence-corrected chi connectivity index (χ3v) is 3.11. The van der Waals surface area contributed by atoms with Crippen molar-refractivity contribution >= 4 is 11.6 Å². The molecule has 0 bridgehead atoms. The number of nitrogens with zero attached hydrogens (tertiary/aromatic N) is 3. The van der Waals surface area contributed by atoms with E-state index >= 15 is 0 Å². The first-order valence-corrected chi connectivity index (χ1v) is 5.87. The molecule has 1 unspecified atom stereocenters. The van der Waals surface area contributed by atoms with Crippen LogP contribution in [0.5, 0.6) is 0 Å². The van der Waals surface area contributed by atoms with Gasteiger partial charge >= 0.3 is 0 Å². The van der Waals surface area contributed by atoms with Gasteiger partial charge in [-0.05, 0) is 20.3 Å². The van der Waals surface area contributed by atoms with Crippen molar-refractivity contribution in [3.63, 3.8) is 0 Å². The molecule has 0 saturated heterocycles. The van der Waals surface area contributed by atoms with Gasteiger partial charge in [-0.2, -0.15) is 0 Å². The van der Waals surface area contributed by atoms with E-state index in [2.05, 4.69) is 35.8 Å². The Morgan fingerprint density at radius 1 is 1.31 bits per heavy atom. The summed E-state index contributed by atoms with van der Waals surface area (Å²) in [6.45, 7) is 8.37. The first kappa shape index (κ1) is 12.7. The van der Waals surface area contributed by atoms with Gasteiger partial charge < -0.3 is 10.6 Å². The Bertz CT molecular complexity index is 362. The van der Waals surface area contributed by atoms with Gasteiger partial charge in [0.05, 0.1) is 0 Å². The number of aromatic nitrogens is 2. The molecule has 1 aromatic heterocycles. The summed E-state index contributed by atoms with van der Waals surface area (Å²) >= 11 is 0. The summed E-state index contributed by atoms with van der Waals surface area (Å²) in [6, 6.07) is 0.456. The Labute approximate surface area is 97.9 Å². The molecule has 1 atom stereocenters. The normalized spacial score (nSPS) is 12.6. The summed E-state index contributed by atoms with van der Waals surface area (Å²) in [5, 5.41) is 0. The molecule has 90 valence electrons. The van der Waals surface area contributed by atoms with Gasteiger partial charge in [0.1, 0.15) is 17.5 Å². The molecule has 1 aromatic rings. The van der Waals surface area contributed by atoms with E-state index in [4.69, 9.17) is 5.73 Å². The summed E-state index contributed by atoms with van der Waals surface area (Å²) in [4.78, 5) is 11.0. The summed E-state index contributed by atoms with van der Waals surface area (Å²) < 4.78 is 0. The van der Waals surface area contributed by atoms with E-state index in [1.807, 2.05) is 13.8 Å². The minimum absolute atomic E-state index is 0.456. The van der Waals surface area contributed by atoms with Crippen molar-refractivity contribution in [2.75, 3.05) is 17.7 Å². The van der Waals surface area contributed by atoms with Crippen LogP contribution in [0, 0.1) is 6.92 Å². The van der Waals surface area contributed by atoms with Crippen LogP contribution in [0.4, 0.5) is 11.6 Å². The monoisotopic (exact) mass is 222 g/mol. The van der Waals surface area contributed by atoms with Crippen molar-refractivity contribution < 1.29 is 0 Å². The van der Waals surface area contributed by atoms with Crippen LogP contribution in [0.25, 0.3) is 0 Å². The number of aryl methyl sites for hydroxylation is 1. The predicted molar refractivity (Wildman–Crippen MR) is 68.7 cm³/mol. The topological polar surface area (TPSA) is 55.0 Å². The molecule has 2 N–H and O–H groups in total. The molecule has 0 radical (unpaired) electrons. The largest absolute Gasteiger partial charge is 0.383 e. The molecular formula is C12H22N4. The Hall–Kier alpha value is -1.32. The van der Waals surface area contributed by atoms with Crippen LogP contribution in [0.15, 0.2) is 0 Å². The molecule has 4 heteroatoms. The predicted octanol–water partition coefficient (Wildman–Crippen LogP) is 2.16. The van der Waals surface area contributed by atoms with Crippen molar-refractivity contribution in [3.8, 4) is 0 Å². The summed E-state index contributed by atoms with van der Waals surface area (Å²) in [5.74, 6) is 2.36. The number of hydrogen-bond donors (Lipinski definition) is 1. The standard InChI is InChI=1S/C12H22N4/c1-6-8(3)16(5)12-9(4)11(13)14-10(7-2)15-12/h8H,6-7H2,1-5H3,(H2,13,14,15). The molecule has 0 amide bonds. The molecule has 4 nitrogen and oxygen atoms in total. The maximum atomic E-state index is 5.90. The highest BCUT2D eigenvalue weighted by Gasteiger charge is 2.15. The molecule has 0 aromatic carbocycles. The second-order valence-corrected chi connectivity index (χ2v) is 4.20. The third kappa shape index (κ3) is 2.43. The second-order valence-electron chi connectivity index (χ2n) is 4.20. The van der Waals surface area contributed by atoms with Crippen molar-refractivity contribution in [1.29, 1.82) is 0 Å². The van der Waals surface area contributed by atoms with Gasteiger partial charge in [-0.1, -0.05) is 13.8 Å². The maximum Gasteiger partial charge on any atom is 0.137 e. The molecule has 0 aliphatic carbocycles. The van der Waals surface area contributed by atoms with Crippen LogP contribution in [0.1, 0.15) is 38.6 Å². The smallest absolute Gasteiger partial charge is 0.137 e. The van der Waals surface area contributed by atoms with Gasteiger partial charge in [-0.3, -0.25) is 0 Å². The van der Waals surface area contributed by atoms with E-state index in [9.17, 15) is 0 Å². The van der Waals surface area contributed by atoms with E-state index in [1.54, 1.807) is 0 Å². The first-order valence-electron chi connectivity index (χ1n) is 5.87. The van der Waals surface area contributed by atoms with Crippen LogP contribution in [0.3, 0.4) is 0 Å². The zero-order valence-corrected chi connectivity index (χ0v) is 10.9. The highest BCUT2D eigenvalue weighted by atomic mass is 15.2. The molecule has 1 heterocycles. The number of nitrogen functional groups attached to an aromatic ring is 1. The SMILES string of the molecule is CCc1nc(N)c(C)c(N(C)C(C)CC)n1. The van der Waals surface area contributed by atoms with E-state index < -0.39 is 0 Å². The Morgan fingerprint density at radius 2 is 1.94 bits per heavy atom. The minimum atomic E-state index is 0.456. The highest BCUT2D eigenvalue weighted by Crippen LogP contribution is 2.22. The van der Waals surface area contributed by atoms with Crippen LogP contribution in [-0.4, -0.2) is 23.1 Å². The lowest BCUT2D eigenvalue weighted by molar-refractivity contribution is 0.652. The molecule has 16 heavy (non-hydrogen) atoms. The van der Waals surface area contributed by atoms with E-state index in [1.165, 1.54) is 0 Å². The molecule has 0 aliphatic rings. The summed E-state index contributed by atoms with van der Waals surface area (Å²) in [5.41, 5.74) is 6.87. The molecule has 0 fully saturated rings. The van der Waals surface area contributed by atoms with Crippen LogP contribution >= 0.6 is 0 Å². The minimum Gasteiger partial charge on any atom is -0.383 e. The van der Waals surface area contributed by atoms with Crippen molar-refractivity contribution in [1.82, 2.24) is 9.97 Å². The fourth-order valence-corrected chi connectivity index (χ4v) is 1.55. The van der Waals surface area contributed by atoms with Crippen molar-refractivity contribution in [2.45, 2.75) is 46.6 Å². The second kappa shape index (κ2) is 5.14.